The molecule has 0 saturated heterocycles. The zero-order valence-corrected chi connectivity index (χ0v) is 12.3. The fourth-order valence-corrected chi connectivity index (χ4v) is 2.01. The van der Waals surface area contributed by atoms with Gasteiger partial charge in [-0.05, 0) is 36.4 Å². The summed E-state index contributed by atoms with van der Waals surface area (Å²) in [6.07, 6.45) is 0. The number of nitrogens with one attached hydrogen (secondary N) is 1. The van der Waals surface area contributed by atoms with Crippen LogP contribution in [0, 0.1) is 24.4 Å². The molecule has 0 bridgehead atoms. The first-order chi connectivity index (χ1) is 11.5. The van der Waals surface area contributed by atoms with E-state index in [0.29, 0.717) is 29.1 Å². The Morgan fingerprint density at radius 1 is 1.00 bits per heavy atom. The first-order valence-electron chi connectivity index (χ1n) is 6.81. The minimum atomic E-state index is -1.69. The third-order valence-electron chi connectivity index (χ3n) is 3.20. The summed E-state index contributed by atoms with van der Waals surface area (Å²) >= 11 is 0. The van der Waals surface area contributed by atoms with Gasteiger partial charge in [-0.2, -0.15) is 0 Å². The normalized spacial score (nSPS) is 10.7. The number of aromatic nitrogens is 2. The summed E-state index contributed by atoms with van der Waals surface area (Å²) in [5.74, 6) is -4.75. The Morgan fingerprint density at radius 3 is 2.33 bits per heavy atom. The quantitative estimate of drug-likeness (QED) is 0.742. The van der Waals surface area contributed by atoms with Gasteiger partial charge in [0.1, 0.15) is 0 Å². The van der Waals surface area contributed by atoms with Crippen molar-refractivity contribution < 1.29 is 22.4 Å². The maximum atomic E-state index is 13.6. The van der Waals surface area contributed by atoms with E-state index in [-0.39, 0.29) is 0 Å². The number of carbonyl (C=O) groups is 1. The highest BCUT2D eigenvalue weighted by Crippen LogP contribution is 2.21. The van der Waals surface area contributed by atoms with E-state index in [4.69, 9.17) is 4.42 Å². The predicted octanol–water partition coefficient (Wildman–Crippen LogP) is 3.71. The molecule has 1 N–H and O–H groups in total. The molecule has 2 aromatic carbocycles. The Morgan fingerprint density at radius 2 is 1.71 bits per heavy atom. The first-order valence-corrected chi connectivity index (χ1v) is 6.81. The number of nitrogens with zero attached hydrogens (tertiary/aromatic N) is 2. The molecule has 0 aliphatic heterocycles. The topological polar surface area (TPSA) is 68.0 Å². The Labute approximate surface area is 134 Å². The maximum absolute atomic E-state index is 13.6. The van der Waals surface area contributed by atoms with Crippen molar-refractivity contribution in [1.82, 2.24) is 10.2 Å². The zero-order valence-electron chi connectivity index (χ0n) is 12.3. The molecule has 1 heterocycles. The van der Waals surface area contributed by atoms with Crippen LogP contribution in [0.25, 0.3) is 11.5 Å². The van der Waals surface area contributed by atoms with Gasteiger partial charge in [0, 0.05) is 18.2 Å². The Kier molecular flexibility index (Phi) is 4.03. The summed E-state index contributed by atoms with van der Waals surface area (Å²) in [7, 11) is 0. The smallest absolute Gasteiger partial charge is 0.258 e. The van der Waals surface area contributed by atoms with E-state index in [0.717, 1.165) is 6.07 Å². The van der Waals surface area contributed by atoms with Crippen molar-refractivity contribution in [3.05, 3.63) is 65.3 Å². The minimum Gasteiger partial charge on any atom is -0.421 e. The number of hydrogen-bond donors (Lipinski definition) is 1. The average Bonchev–Trinajstić information content (AvgIpc) is 3.00. The maximum Gasteiger partial charge on any atom is 0.258 e. The second kappa shape index (κ2) is 6.15. The molecule has 0 fully saturated rings. The number of amides is 1. The van der Waals surface area contributed by atoms with Crippen LogP contribution in [0.4, 0.5) is 18.9 Å². The van der Waals surface area contributed by atoms with Gasteiger partial charge in [-0.25, -0.2) is 13.2 Å². The molecule has 1 aromatic heterocycles. The Balaban J connectivity index is 1.79. The molecule has 0 spiro atoms. The Hall–Kier alpha value is -3.16. The highest BCUT2D eigenvalue weighted by atomic mass is 19.2. The van der Waals surface area contributed by atoms with Gasteiger partial charge in [0.2, 0.25) is 11.8 Å². The van der Waals surface area contributed by atoms with E-state index < -0.39 is 28.9 Å². The molecule has 1 amide bonds. The minimum absolute atomic E-state index is 0.317. The lowest BCUT2D eigenvalue weighted by Crippen LogP contribution is -2.15. The van der Waals surface area contributed by atoms with Crippen molar-refractivity contribution in [2.75, 3.05) is 5.32 Å². The van der Waals surface area contributed by atoms with Crippen LogP contribution >= 0.6 is 0 Å². The molecule has 0 aliphatic rings. The second-order valence-corrected chi connectivity index (χ2v) is 4.88. The molecular weight excluding hydrogens is 323 g/mol. The summed E-state index contributed by atoms with van der Waals surface area (Å²) in [6, 6.07) is 7.86. The average molecular weight is 333 g/mol. The summed E-state index contributed by atoms with van der Waals surface area (Å²) in [4.78, 5) is 12.0. The molecule has 5 nitrogen and oxygen atoms in total. The summed E-state index contributed by atoms with van der Waals surface area (Å²) < 4.78 is 44.9. The van der Waals surface area contributed by atoms with E-state index in [9.17, 15) is 18.0 Å². The summed E-state index contributed by atoms with van der Waals surface area (Å²) in [5.41, 5.74) is 0.377. The van der Waals surface area contributed by atoms with Crippen LogP contribution in [-0.2, 0) is 0 Å². The van der Waals surface area contributed by atoms with Gasteiger partial charge in [0.15, 0.2) is 17.5 Å². The van der Waals surface area contributed by atoms with Gasteiger partial charge in [-0.3, -0.25) is 4.79 Å². The van der Waals surface area contributed by atoms with Crippen LogP contribution in [0.15, 0.2) is 40.8 Å². The lowest BCUT2D eigenvalue weighted by atomic mass is 10.1. The van der Waals surface area contributed by atoms with Gasteiger partial charge < -0.3 is 9.73 Å². The lowest BCUT2D eigenvalue weighted by molar-refractivity contribution is 0.102. The van der Waals surface area contributed by atoms with Crippen molar-refractivity contribution in [3.63, 3.8) is 0 Å². The molecule has 0 aliphatic carbocycles. The van der Waals surface area contributed by atoms with Crippen LogP contribution in [-0.4, -0.2) is 16.1 Å². The van der Waals surface area contributed by atoms with Gasteiger partial charge in [-0.1, -0.05) is 0 Å². The second-order valence-electron chi connectivity index (χ2n) is 4.88. The third-order valence-corrected chi connectivity index (χ3v) is 3.20. The number of hydrogen-bond acceptors (Lipinski definition) is 4. The van der Waals surface area contributed by atoms with Gasteiger partial charge in [0.25, 0.3) is 5.91 Å². The van der Waals surface area contributed by atoms with Gasteiger partial charge in [-0.15, -0.1) is 10.2 Å². The van der Waals surface area contributed by atoms with Crippen LogP contribution < -0.4 is 5.32 Å². The van der Waals surface area contributed by atoms with Gasteiger partial charge >= 0.3 is 0 Å². The molecule has 8 heteroatoms. The van der Waals surface area contributed by atoms with Crippen LogP contribution in [0.3, 0.4) is 0 Å². The Bertz CT molecular complexity index is 907. The first kappa shape index (κ1) is 15.7. The summed E-state index contributed by atoms with van der Waals surface area (Å²) in [6.45, 7) is 1.65. The van der Waals surface area contributed by atoms with Crippen molar-refractivity contribution in [1.29, 1.82) is 0 Å². The molecule has 0 radical (unpaired) electrons. The molecule has 3 aromatic rings. The SMILES string of the molecule is Cc1nnc(-c2ccc(NC(=O)c3ccc(F)c(F)c3F)cc2)o1. The molecule has 122 valence electrons. The number of benzene rings is 2. The number of anilines is 1. The number of halogens is 3. The van der Waals surface area contributed by atoms with E-state index in [1.165, 1.54) is 12.1 Å². The zero-order chi connectivity index (χ0) is 17.3. The summed E-state index contributed by atoms with van der Waals surface area (Å²) in [5, 5.41) is 9.95. The van der Waals surface area contributed by atoms with Crippen molar-refractivity contribution in [2.24, 2.45) is 0 Å². The van der Waals surface area contributed by atoms with Crippen molar-refractivity contribution >= 4 is 11.6 Å². The monoisotopic (exact) mass is 333 g/mol. The van der Waals surface area contributed by atoms with Crippen LogP contribution in [0.5, 0.6) is 0 Å². The molecule has 0 atom stereocenters. The van der Waals surface area contributed by atoms with E-state index in [1.54, 1.807) is 19.1 Å². The van der Waals surface area contributed by atoms with E-state index in [2.05, 4.69) is 15.5 Å². The van der Waals surface area contributed by atoms with E-state index >= 15 is 0 Å². The van der Waals surface area contributed by atoms with Crippen molar-refractivity contribution in [3.8, 4) is 11.5 Å². The molecule has 0 unspecified atom stereocenters. The van der Waals surface area contributed by atoms with Crippen LogP contribution in [0.1, 0.15) is 16.2 Å². The van der Waals surface area contributed by atoms with Gasteiger partial charge in [0.05, 0.1) is 5.56 Å². The molecule has 0 saturated carbocycles. The fourth-order valence-electron chi connectivity index (χ4n) is 2.01. The number of carbonyl (C=O) groups excluding carboxylic acids is 1. The number of aryl methyl sites for hydroxylation is 1. The fraction of sp³-hybridized carbons (Fsp3) is 0.0625. The lowest BCUT2D eigenvalue weighted by Gasteiger charge is -2.07. The molecular formula is C16H10F3N3O2. The third kappa shape index (κ3) is 2.98. The molecule has 24 heavy (non-hydrogen) atoms. The highest BCUT2D eigenvalue weighted by Gasteiger charge is 2.19. The number of rotatable bonds is 3. The predicted molar refractivity (Wildman–Crippen MR) is 78.7 cm³/mol. The van der Waals surface area contributed by atoms with Crippen LogP contribution in [0.2, 0.25) is 0 Å². The molecule has 3 rings (SSSR count). The van der Waals surface area contributed by atoms with Crippen molar-refractivity contribution in [2.45, 2.75) is 6.92 Å². The largest absolute Gasteiger partial charge is 0.421 e. The van der Waals surface area contributed by atoms with E-state index in [1.807, 2.05) is 0 Å². The standard InChI is InChI=1S/C16H10F3N3O2/c1-8-21-22-16(24-8)9-2-4-10(5-3-9)20-15(23)11-6-7-12(17)14(19)13(11)18/h2-7H,1H3,(H,20,23). The highest BCUT2D eigenvalue weighted by molar-refractivity contribution is 6.04.